The van der Waals surface area contributed by atoms with Crippen molar-refractivity contribution in [1.82, 2.24) is 9.97 Å². The Balaban J connectivity index is 1.59. The molecule has 190 valence electrons. The monoisotopic (exact) mass is 493 g/mol. The Morgan fingerprint density at radius 1 is 1.19 bits per heavy atom. The Kier molecular flexibility index (Phi) is 7.72. The quantitative estimate of drug-likeness (QED) is 0.368. The number of hydrogen-bond acceptors (Lipinski definition) is 6. The van der Waals surface area contributed by atoms with E-state index in [2.05, 4.69) is 4.98 Å². The number of ether oxygens (including phenoxy) is 2. The molecule has 1 N–H and O–H groups in total. The molecule has 2 aromatic carbocycles. The molecule has 8 heteroatoms. The molecule has 1 aliphatic carbocycles. The molecule has 0 bridgehead atoms. The average molecular weight is 494 g/mol. The second kappa shape index (κ2) is 10.9. The lowest BCUT2D eigenvalue weighted by Gasteiger charge is -2.25. The molecule has 0 unspecified atom stereocenters. The third-order valence-corrected chi connectivity index (χ3v) is 6.60. The third-order valence-electron chi connectivity index (χ3n) is 6.60. The smallest absolute Gasteiger partial charge is 0.303 e. The van der Waals surface area contributed by atoms with Crippen LogP contribution in [0, 0.1) is 11.7 Å². The first-order valence-electron chi connectivity index (χ1n) is 12.1. The standard InChI is InChI=1S/C28H32FN3O4/c1-17(2)32(3)28-27(24-13-21(35-4)10-11-25(24)29)30-15-20(31-28)16-36-22-7-5-6-19(12-22)23(14-26(33)34)18-8-9-18/h5-7,10-13,15,17-18,23H,8-9,14,16H2,1-4H3,(H,33,34)/t23-/m0/s1. The summed E-state index contributed by atoms with van der Waals surface area (Å²) in [6.07, 6.45) is 3.83. The number of hydrogen-bond donors (Lipinski definition) is 1. The van der Waals surface area contributed by atoms with Crippen LogP contribution in [-0.2, 0) is 11.4 Å². The number of rotatable bonds is 11. The van der Waals surface area contributed by atoms with E-state index in [0.717, 1.165) is 18.4 Å². The molecule has 0 spiro atoms. The van der Waals surface area contributed by atoms with E-state index in [0.29, 0.717) is 40.2 Å². The highest BCUT2D eigenvalue weighted by molar-refractivity contribution is 5.73. The van der Waals surface area contributed by atoms with Crippen molar-refractivity contribution in [3.63, 3.8) is 0 Å². The molecule has 1 aromatic heterocycles. The highest BCUT2D eigenvalue weighted by Crippen LogP contribution is 2.45. The second-order valence-electron chi connectivity index (χ2n) is 9.49. The van der Waals surface area contributed by atoms with Crippen LogP contribution < -0.4 is 14.4 Å². The van der Waals surface area contributed by atoms with Gasteiger partial charge in [0.2, 0.25) is 0 Å². The van der Waals surface area contributed by atoms with Crippen molar-refractivity contribution in [1.29, 1.82) is 0 Å². The highest BCUT2D eigenvalue weighted by Gasteiger charge is 2.33. The van der Waals surface area contributed by atoms with E-state index in [4.69, 9.17) is 14.5 Å². The van der Waals surface area contributed by atoms with Crippen LogP contribution in [0.3, 0.4) is 0 Å². The number of anilines is 1. The van der Waals surface area contributed by atoms with Crippen molar-refractivity contribution < 1.29 is 23.8 Å². The van der Waals surface area contributed by atoms with E-state index in [1.807, 2.05) is 50.1 Å². The van der Waals surface area contributed by atoms with Gasteiger partial charge >= 0.3 is 5.97 Å². The van der Waals surface area contributed by atoms with Gasteiger partial charge in [-0.15, -0.1) is 0 Å². The number of carboxylic acids is 1. The van der Waals surface area contributed by atoms with Gasteiger partial charge in [0.25, 0.3) is 0 Å². The summed E-state index contributed by atoms with van der Waals surface area (Å²) in [5.41, 5.74) is 2.31. The molecule has 0 radical (unpaired) electrons. The van der Waals surface area contributed by atoms with Crippen molar-refractivity contribution in [2.45, 2.75) is 51.7 Å². The molecule has 1 fully saturated rings. The van der Waals surface area contributed by atoms with Crippen LogP contribution in [0.25, 0.3) is 11.3 Å². The first-order chi connectivity index (χ1) is 17.3. The largest absolute Gasteiger partial charge is 0.497 e. The van der Waals surface area contributed by atoms with E-state index < -0.39 is 11.8 Å². The molecular weight excluding hydrogens is 461 g/mol. The number of halogens is 1. The van der Waals surface area contributed by atoms with E-state index in [9.17, 15) is 14.3 Å². The number of aliphatic carboxylic acids is 1. The SMILES string of the molecule is COc1ccc(F)c(-c2ncc(COc3cccc([C@@H](CC(=O)O)C4CC4)c3)nc2N(C)C(C)C)c1. The maximum Gasteiger partial charge on any atom is 0.303 e. The summed E-state index contributed by atoms with van der Waals surface area (Å²) in [5.74, 6) is 0.939. The van der Waals surface area contributed by atoms with Gasteiger partial charge < -0.3 is 19.5 Å². The summed E-state index contributed by atoms with van der Waals surface area (Å²) in [4.78, 5) is 22.6. The molecule has 3 aromatic rings. The fourth-order valence-electron chi connectivity index (χ4n) is 4.21. The van der Waals surface area contributed by atoms with Crippen LogP contribution in [-0.4, -0.2) is 41.2 Å². The summed E-state index contributed by atoms with van der Waals surface area (Å²) in [7, 11) is 3.43. The zero-order chi connectivity index (χ0) is 25.8. The predicted octanol–water partition coefficient (Wildman–Crippen LogP) is 5.68. The lowest BCUT2D eigenvalue weighted by Crippen LogP contribution is -2.28. The molecule has 36 heavy (non-hydrogen) atoms. The zero-order valence-corrected chi connectivity index (χ0v) is 21.1. The van der Waals surface area contributed by atoms with Crippen molar-refractivity contribution in [3.05, 3.63) is 65.7 Å². The molecule has 7 nitrogen and oxygen atoms in total. The van der Waals surface area contributed by atoms with E-state index in [-0.39, 0.29) is 25.0 Å². The fraction of sp³-hybridized carbons (Fsp3) is 0.393. The van der Waals surface area contributed by atoms with Crippen LogP contribution in [0.5, 0.6) is 11.5 Å². The molecule has 0 saturated heterocycles. The summed E-state index contributed by atoms with van der Waals surface area (Å²) < 4.78 is 26.0. The van der Waals surface area contributed by atoms with Gasteiger partial charge in [-0.25, -0.2) is 9.37 Å². The Labute approximate surface area is 210 Å². The number of carboxylic acid groups (broad SMARTS) is 1. The summed E-state index contributed by atoms with van der Waals surface area (Å²) in [5, 5.41) is 9.32. The fourth-order valence-corrected chi connectivity index (χ4v) is 4.21. The minimum Gasteiger partial charge on any atom is -0.497 e. The van der Waals surface area contributed by atoms with Crippen molar-refractivity contribution in [2.24, 2.45) is 5.92 Å². The molecule has 1 aliphatic rings. The first kappa shape index (κ1) is 25.4. The second-order valence-corrected chi connectivity index (χ2v) is 9.49. The maximum atomic E-state index is 14.7. The van der Waals surface area contributed by atoms with Crippen LogP contribution >= 0.6 is 0 Å². The number of nitrogens with zero attached hydrogens (tertiary/aromatic N) is 3. The summed E-state index contributed by atoms with van der Waals surface area (Å²) >= 11 is 0. The van der Waals surface area contributed by atoms with Gasteiger partial charge in [0.1, 0.15) is 29.6 Å². The minimum absolute atomic E-state index is 0.00539. The van der Waals surface area contributed by atoms with Crippen molar-refractivity contribution in [3.8, 4) is 22.8 Å². The van der Waals surface area contributed by atoms with Gasteiger partial charge in [0.15, 0.2) is 5.82 Å². The van der Waals surface area contributed by atoms with Crippen molar-refractivity contribution in [2.75, 3.05) is 19.1 Å². The van der Waals surface area contributed by atoms with E-state index in [1.165, 1.54) is 13.2 Å². The van der Waals surface area contributed by atoms with Crippen LogP contribution in [0.2, 0.25) is 0 Å². The van der Waals surface area contributed by atoms with Gasteiger partial charge in [-0.3, -0.25) is 9.78 Å². The third kappa shape index (κ3) is 5.93. The van der Waals surface area contributed by atoms with Gasteiger partial charge in [0, 0.05) is 18.7 Å². The van der Waals surface area contributed by atoms with Crippen molar-refractivity contribution >= 4 is 11.8 Å². The van der Waals surface area contributed by atoms with Crippen LogP contribution in [0.15, 0.2) is 48.7 Å². The Hall–Kier alpha value is -3.68. The average Bonchev–Trinajstić information content (AvgIpc) is 3.71. The predicted molar refractivity (Wildman–Crippen MR) is 136 cm³/mol. The maximum absolute atomic E-state index is 14.7. The van der Waals surface area contributed by atoms with E-state index in [1.54, 1.807) is 18.3 Å². The normalized spacial score (nSPS) is 13.9. The molecule has 1 heterocycles. The summed E-state index contributed by atoms with van der Waals surface area (Å²) in [6, 6.07) is 12.3. The lowest BCUT2D eigenvalue weighted by atomic mass is 9.91. The van der Waals surface area contributed by atoms with Crippen LogP contribution in [0.1, 0.15) is 50.3 Å². The molecule has 1 atom stereocenters. The number of aromatic nitrogens is 2. The van der Waals surface area contributed by atoms with Crippen LogP contribution in [0.4, 0.5) is 10.2 Å². The Morgan fingerprint density at radius 2 is 1.97 bits per heavy atom. The van der Waals surface area contributed by atoms with Gasteiger partial charge in [0.05, 0.1) is 25.4 Å². The first-order valence-corrected chi connectivity index (χ1v) is 12.1. The molecular formula is C28H32FN3O4. The highest BCUT2D eigenvalue weighted by atomic mass is 19.1. The van der Waals surface area contributed by atoms with Gasteiger partial charge in [-0.1, -0.05) is 12.1 Å². The topological polar surface area (TPSA) is 84.8 Å². The molecule has 0 amide bonds. The van der Waals surface area contributed by atoms with Gasteiger partial charge in [-0.2, -0.15) is 0 Å². The molecule has 0 aliphatic heterocycles. The van der Waals surface area contributed by atoms with E-state index >= 15 is 0 Å². The number of carbonyl (C=O) groups is 1. The lowest BCUT2D eigenvalue weighted by molar-refractivity contribution is -0.137. The molecule has 1 saturated carbocycles. The number of benzene rings is 2. The zero-order valence-electron chi connectivity index (χ0n) is 21.1. The Morgan fingerprint density at radius 3 is 2.64 bits per heavy atom. The van der Waals surface area contributed by atoms with Gasteiger partial charge in [-0.05, 0) is 74.4 Å². The number of methoxy groups -OCH3 is 1. The molecule has 4 rings (SSSR count). The Bertz CT molecular complexity index is 1230. The minimum atomic E-state index is -0.789. The summed E-state index contributed by atoms with van der Waals surface area (Å²) in [6.45, 7) is 4.22.